The Morgan fingerprint density at radius 2 is 2.04 bits per heavy atom. The normalized spacial score (nSPS) is 14.7. The molecule has 0 saturated heterocycles. The highest BCUT2D eigenvalue weighted by molar-refractivity contribution is 5.87. The van der Waals surface area contributed by atoms with Crippen LogP contribution >= 0.6 is 0 Å². The fourth-order valence-electron chi connectivity index (χ4n) is 2.69. The highest BCUT2D eigenvalue weighted by Gasteiger charge is 2.17. The summed E-state index contributed by atoms with van der Waals surface area (Å²) in [7, 11) is 0. The van der Waals surface area contributed by atoms with Crippen LogP contribution in [-0.4, -0.2) is 19.7 Å². The van der Waals surface area contributed by atoms with Crippen LogP contribution in [0.15, 0.2) is 24.3 Å². The molecule has 0 amide bonds. The number of nitrogens with zero attached hydrogens (tertiary/aromatic N) is 5. The van der Waals surface area contributed by atoms with Gasteiger partial charge in [-0.05, 0) is 36.6 Å². The molecule has 0 fully saturated rings. The first-order chi connectivity index (χ1) is 11.2. The third-order valence-electron chi connectivity index (χ3n) is 3.89. The number of aryl methyl sites for hydroxylation is 1. The number of hydrogen-bond acceptors (Lipinski definition) is 5. The van der Waals surface area contributed by atoms with Gasteiger partial charge in [-0.15, -0.1) is 10.2 Å². The van der Waals surface area contributed by atoms with Crippen molar-refractivity contribution in [1.82, 2.24) is 14.8 Å². The molecule has 7 nitrogen and oxygen atoms in total. The molecule has 0 aliphatic carbocycles. The molecular formula is C16H15N5O2. The Hall–Kier alpha value is -3.01. The predicted octanol–water partition coefficient (Wildman–Crippen LogP) is 2.98. The fraction of sp³-hybridized carbons (Fsp3) is 0.312. The van der Waals surface area contributed by atoms with Crippen molar-refractivity contribution in [2.45, 2.75) is 32.2 Å². The van der Waals surface area contributed by atoms with E-state index in [9.17, 15) is 15.4 Å². The number of benzene rings is 1. The number of nitriles is 1. The Morgan fingerprint density at radius 3 is 2.74 bits per heavy atom. The quantitative estimate of drug-likeness (QED) is 0.493. The van der Waals surface area contributed by atoms with Gasteiger partial charge in [0, 0.05) is 25.1 Å². The van der Waals surface area contributed by atoms with E-state index in [-0.39, 0.29) is 5.69 Å². The molecule has 0 bridgehead atoms. The number of nitro groups is 1. The Kier molecular flexibility index (Phi) is 4.15. The first-order valence-electron chi connectivity index (χ1n) is 7.48. The zero-order valence-corrected chi connectivity index (χ0v) is 12.5. The van der Waals surface area contributed by atoms with E-state index < -0.39 is 4.92 Å². The van der Waals surface area contributed by atoms with E-state index >= 15 is 0 Å². The van der Waals surface area contributed by atoms with E-state index in [1.807, 2.05) is 4.57 Å². The van der Waals surface area contributed by atoms with Crippen LogP contribution in [-0.2, 0) is 13.0 Å². The van der Waals surface area contributed by atoms with E-state index in [1.165, 1.54) is 12.1 Å². The first kappa shape index (κ1) is 14.9. The van der Waals surface area contributed by atoms with Crippen LogP contribution in [0.25, 0.3) is 11.6 Å². The Bertz CT molecular complexity index is 799. The molecule has 2 heterocycles. The van der Waals surface area contributed by atoms with Gasteiger partial charge in [-0.1, -0.05) is 6.42 Å². The van der Waals surface area contributed by atoms with Crippen LogP contribution in [0.1, 0.15) is 36.5 Å². The van der Waals surface area contributed by atoms with Gasteiger partial charge in [-0.2, -0.15) is 5.26 Å². The van der Waals surface area contributed by atoms with Gasteiger partial charge in [-0.3, -0.25) is 10.1 Å². The molecule has 0 atom stereocenters. The van der Waals surface area contributed by atoms with Crippen LogP contribution < -0.4 is 0 Å². The molecule has 7 heteroatoms. The van der Waals surface area contributed by atoms with E-state index in [0.29, 0.717) is 11.4 Å². The van der Waals surface area contributed by atoms with Crippen molar-refractivity contribution in [3.05, 3.63) is 51.6 Å². The lowest BCUT2D eigenvalue weighted by Crippen LogP contribution is -2.05. The van der Waals surface area contributed by atoms with E-state index in [1.54, 1.807) is 18.2 Å². The van der Waals surface area contributed by atoms with Gasteiger partial charge in [0.2, 0.25) is 0 Å². The number of fused-ring (bicyclic) bond motifs is 1. The lowest BCUT2D eigenvalue weighted by molar-refractivity contribution is -0.384. The van der Waals surface area contributed by atoms with Crippen molar-refractivity contribution >= 4 is 17.3 Å². The minimum Gasteiger partial charge on any atom is -0.310 e. The second-order valence-corrected chi connectivity index (χ2v) is 5.42. The average molecular weight is 309 g/mol. The summed E-state index contributed by atoms with van der Waals surface area (Å²) in [4.78, 5) is 10.2. The second kappa shape index (κ2) is 6.40. The van der Waals surface area contributed by atoms with Crippen LogP contribution in [0.5, 0.6) is 0 Å². The molecule has 1 aromatic carbocycles. The topological polar surface area (TPSA) is 97.6 Å². The number of non-ortho nitro benzene ring substituents is 1. The van der Waals surface area contributed by atoms with Gasteiger partial charge < -0.3 is 4.57 Å². The zero-order chi connectivity index (χ0) is 16.2. The molecule has 116 valence electrons. The molecule has 1 aliphatic heterocycles. The molecular weight excluding hydrogens is 294 g/mol. The van der Waals surface area contributed by atoms with Crippen LogP contribution in [0.3, 0.4) is 0 Å². The SMILES string of the molecule is N#C/C(=C\c1ccc([N+](=O)[O-])cc1)c1nnc2n1CCCCC2. The van der Waals surface area contributed by atoms with Crippen LogP contribution in [0.4, 0.5) is 5.69 Å². The van der Waals surface area contributed by atoms with Crippen molar-refractivity contribution in [2.75, 3.05) is 0 Å². The van der Waals surface area contributed by atoms with Gasteiger partial charge in [0.15, 0.2) is 5.82 Å². The van der Waals surface area contributed by atoms with Crippen molar-refractivity contribution in [3.63, 3.8) is 0 Å². The van der Waals surface area contributed by atoms with Crippen LogP contribution in [0, 0.1) is 21.4 Å². The summed E-state index contributed by atoms with van der Waals surface area (Å²) in [5.74, 6) is 1.49. The molecule has 23 heavy (non-hydrogen) atoms. The minimum atomic E-state index is -0.447. The first-order valence-corrected chi connectivity index (χ1v) is 7.48. The number of aromatic nitrogens is 3. The van der Waals surface area contributed by atoms with Crippen molar-refractivity contribution in [3.8, 4) is 6.07 Å². The summed E-state index contributed by atoms with van der Waals surface area (Å²) in [6, 6.07) is 8.25. The maximum Gasteiger partial charge on any atom is 0.269 e. The monoisotopic (exact) mass is 309 g/mol. The molecule has 2 aromatic rings. The number of nitro benzene ring substituents is 1. The number of hydrogen-bond donors (Lipinski definition) is 0. The Morgan fingerprint density at radius 1 is 1.26 bits per heavy atom. The van der Waals surface area contributed by atoms with Crippen molar-refractivity contribution < 1.29 is 4.92 Å². The van der Waals surface area contributed by atoms with Crippen LogP contribution in [0.2, 0.25) is 0 Å². The largest absolute Gasteiger partial charge is 0.310 e. The van der Waals surface area contributed by atoms with E-state index in [0.717, 1.165) is 43.6 Å². The summed E-state index contributed by atoms with van der Waals surface area (Å²) in [6.07, 6.45) is 5.85. The summed E-state index contributed by atoms with van der Waals surface area (Å²) >= 11 is 0. The third-order valence-corrected chi connectivity index (χ3v) is 3.89. The van der Waals surface area contributed by atoms with Crippen molar-refractivity contribution in [2.24, 2.45) is 0 Å². The molecule has 1 aliphatic rings. The molecule has 1 aromatic heterocycles. The van der Waals surface area contributed by atoms with Gasteiger partial charge in [-0.25, -0.2) is 0 Å². The molecule has 0 saturated carbocycles. The Labute approximate surface area is 133 Å². The van der Waals surface area contributed by atoms with E-state index in [4.69, 9.17) is 0 Å². The molecule has 0 unspecified atom stereocenters. The van der Waals surface area contributed by atoms with Gasteiger partial charge in [0.05, 0.1) is 10.5 Å². The smallest absolute Gasteiger partial charge is 0.269 e. The van der Waals surface area contributed by atoms with E-state index in [2.05, 4.69) is 16.3 Å². The lowest BCUT2D eigenvalue weighted by Gasteiger charge is -2.05. The minimum absolute atomic E-state index is 0.0250. The maximum atomic E-state index is 10.7. The fourth-order valence-corrected chi connectivity index (χ4v) is 2.69. The predicted molar refractivity (Wildman–Crippen MR) is 84.2 cm³/mol. The molecule has 0 spiro atoms. The zero-order valence-electron chi connectivity index (χ0n) is 12.5. The van der Waals surface area contributed by atoms with Gasteiger partial charge in [0.25, 0.3) is 5.69 Å². The summed E-state index contributed by atoms with van der Waals surface area (Å²) in [5.41, 5.74) is 1.16. The number of rotatable bonds is 3. The lowest BCUT2D eigenvalue weighted by atomic mass is 10.1. The van der Waals surface area contributed by atoms with Gasteiger partial charge in [0.1, 0.15) is 11.9 Å². The second-order valence-electron chi connectivity index (χ2n) is 5.42. The Balaban J connectivity index is 1.95. The molecule has 0 radical (unpaired) electrons. The number of allylic oxidation sites excluding steroid dienone is 1. The molecule has 0 N–H and O–H groups in total. The maximum absolute atomic E-state index is 10.7. The summed E-state index contributed by atoms with van der Waals surface area (Å²) < 4.78 is 2.01. The average Bonchev–Trinajstić information content (AvgIpc) is 2.81. The highest BCUT2D eigenvalue weighted by Crippen LogP contribution is 2.22. The van der Waals surface area contributed by atoms with Crippen molar-refractivity contribution in [1.29, 1.82) is 5.26 Å². The standard InChI is InChI=1S/C16H15N5O2/c17-11-13(10-12-5-7-14(8-6-12)21(22)23)16-19-18-15-4-2-1-3-9-20(15)16/h5-8,10H,1-4,9H2/b13-10+. The summed E-state index contributed by atoms with van der Waals surface area (Å²) in [5, 5.41) is 28.5. The molecule has 3 rings (SSSR count). The summed E-state index contributed by atoms with van der Waals surface area (Å²) in [6.45, 7) is 0.816. The third kappa shape index (κ3) is 3.11. The highest BCUT2D eigenvalue weighted by atomic mass is 16.6. The van der Waals surface area contributed by atoms with Gasteiger partial charge >= 0.3 is 0 Å².